The van der Waals surface area contributed by atoms with E-state index in [1.165, 1.54) is 0 Å². The lowest BCUT2D eigenvalue weighted by Gasteiger charge is -2.42. The highest BCUT2D eigenvalue weighted by Crippen LogP contribution is 2.43. The highest BCUT2D eigenvalue weighted by atomic mass is 16.5. The monoisotopic (exact) mass is 259 g/mol. The van der Waals surface area contributed by atoms with Gasteiger partial charge in [0.05, 0.1) is 19.3 Å². The van der Waals surface area contributed by atoms with Gasteiger partial charge in [-0.2, -0.15) is 5.26 Å². The van der Waals surface area contributed by atoms with Gasteiger partial charge < -0.3 is 9.84 Å². The molecule has 0 spiro atoms. The van der Waals surface area contributed by atoms with Gasteiger partial charge in [0.1, 0.15) is 5.75 Å². The van der Waals surface area contributed by atoms with Crippen molar-refractivity contribution >= 4 is 0 Å². The molecule has 0 aromatic heterocycles. The lowest BCUT2D eigenvalue weighted by atomic mass is 9.65. The summed E-state index contributed by atoms with van der Waals surface area (Å²) in [5.74, 6) is 0.812. The summed E-state index contributed by atoms with van der Waals surface area (Å²) in [7, 11) is 1.65. The fraction of sp³-hybridized carbons (Fsp3) is 0.562. The molecule has 1 aliphatic rings. The molecule has 1 N–H and O–H groups in total. The van der Waals surface area contributed by atoms with E-state index in [1.807, 2.05) is 18.2 Å². The first-order valence-electron chi connectivity index (χ1n) is 6.92. The minimum atomic E-state index is -0.360. The van der Waals surface area contributed by atoms with E-state index >= 15 is 0 Å². The summed E-state index contributed by atoms with van der Waals surface area (Å²) >= 11 is 0. The number of aliphatic hydroxyl groups excluding tert-OH is 1. The van der Waals surface area contributed by atoms with Crippen molar-refractivity contribution in [3.8, 4) is 11.8 Å². The Morgan fingerprint density at radius 2 is 2.32 bits per heavy atom. The second-order valence-corrected chi connectivity index (χ2v) is 5.31. The standard InChI is InChI=1S/C16H21NO2/c1-19-14-7-4-6-13(12-14)16(10-5-11-17)9-3-2-8-15(16)18/h4,6-7,12,15,18H,2-3,5,8-10H2,1H3. The quantitative estimate of drug-likeness (QED) is 0.903. The molecule has 3 nitrogen and oxygen atoms in total. The first-order valence-corrected chi connectivity index (χ1v) is 6.92. The van der Waals surface area contributed by atoms with Gasteiger partial charge in [-0.05, 0) is 37.0 Å². The summed E-state index contributed by atoms with van der Waals surface area (Å²) in [6.07, 6.45) is 4.79. The van der Waals surface area contributed by atoms with Crippen molar-refractivity contribution in [3.63, 3.8) is 0 Å². The van der Waals surface area contributed by atoms with E-state index in [0.29, 0.717) is 6.42 Å². The molecular weight excluding hydrogens is 238 g/mol. The molecule has 2 atom stereocenters. The number of hydrogen-bond acceptors (Lipinski definition) is 3. The van der Waals surface area contributed by atoms with Crippen LogP contribution in [0.25, 0.3) is 0 Å². The molecule has 19 heavy (non-hydrogen) atoms. The van der Waals surface area contributed by atoms with E-state index in [4.69, 9.17) is 10.00 Å². The highest BCUT2D eigenvalue weighted by molar-refractivity contribution is 5.35. The van der Waals surface area contributed by atoms with Gasteiger partial charge >= 0.3 is 0 Å². The van der Waals surface area contributed by atoms with Crippen LogP contribution in [0, 0.1) is 11.3 Å². The summed E-state index contributed by atoms with van der Waals surface area (Å²) in [4.78, 5) is 0. The third-order valence-corrected chi connectivity index (χ3v) is 4.32. The van der Waals surface area contributed by atoms with Crippen LogP contribution in [0.5, 0.6) is 5.75 Å². The number of benzene rings is 1. The van der Waals surface area contributed by atoms with Crippen molar-refractivity contribution in [2.75, 3.05) is 7.11 Å². The Balaban J connectivity index is 2.38. The van der Waals surface area contributed by atoms with Crippen LogP contribution >= 0.6 is 0 Å². The normalized spacial score (nSPS) is 26.7. The topological polar surface area (TPSA) is 53.2 Å². The second-order valence-electron chi connectivity index (χ2n) is 5.31. The molecule has 0 saturated heterocycles. The molecule has 2 unspecified atom stereocenters. The predicted octanol–water partition coefficient (Wildman–Crippen LogP) is 3.17. The fourth-order valence-corrected chi connectivity index (χ4v) is 3.21. The average Bonchev–Trinajstić information content (AvgIpc) is 2.47. The zero-order valence-electron chi connectivity index (χ0n) is 11.4. The van der Waals surface area contributed by atoms with E-state index in [-0.39, 0.29) is 11.5 Å². The van der Waals surface area contributed by atoms with Crippen LogP contribution in [-0.4, -0.2) is 18.3 Å². The van der Waals surface area contributed by atoms with E-state index in [9.17, 15) is 5.11 Å². The van der Waals surface area contributed by atoms with Crippen LogP contribution in [0.1, 0.15) is 44.1 Å². The van der Waals surface area contributed by atoms with E-state index in [1.54, 1.807) is 7.11 Å². The Kier molecular flexibility index (Phi) is 4.44. The number of nitriles is 1. The Labute approximate surface area is 114 Å². The van der Waals surface area contributed by atoms with Gasteiger partial charge in [0.25, 0.3) is 0 Å². The Morgan fingerprint density at radius 3 is 3.00 bits per heavy atom. The zero-order valence-corrected chi connectivity index (χ0v) is 11.4. The molecule has 0 radical (unpaired) electrons. The minimum Gasteiger partial charge on any atom is -0.497 e. The van der Waals surface area contributed by atoms with Gasteiger partial charge in [0, 0.05) is 11.8 Å². The zero-order chi connectivity index (χ0) is 13.7. The maximum absolute atomic E-state index is 10.5. The van der Waals surface area contributed by atoms with Gasteiger partial charge in [0.2, 0.25) is 0 Å². The second kappa shape index (κ2) is 6.08. The summed E-state index contributed by atoms with van der Waals surface area (Å²) in [6.45, 7) is 0. The van der Waals surface area contributed by atoms with Crippen LogP contribution in [0.15, 0.2) is 24.3 Å². The summed E-state index contributed by atoms with van der Waals surface area (Å²) < 4.78 is 5.28. The molecule has 0 bridgehead atoms. The smallest absolute Gasteiger partial charge is 0.119 e. The van der Waals surface area contributed by atoms with Crippen molar-refractivity contribution in [3.05, 3.63) is 29.8 Å². The van der Waals surface area contributed by atoms with Crippen LogP contribution < -0.4 is 4.74 Å². The average molecular weight is 259 g/mol. The molecule has 102 valence electrons. The lowest BCUT2D eigenvalue weighted by Crippen LogP contribution is -2.42. The highest BCUT2D eigenvalue weighted by Gasteiger charge is 2.41. The predicted molar refractivity (Wildman–Crippen MR) is 74.0 cm³/mol. The molecule has 0 aliphatic heterocycles. The largest absolute Gasteiger partial charge is 0.497 e. The molecule has 1 aromatic carbocycles. The van der Waals surface area contributed by atoms with Crippen LogP contribution in [0.3, 0.4) is 0 Å². The molecule has 2 rings (SSSR count). The molecule has 1 saturated carbocycles. The van der Waals surface area contributed by atoms with Gasteiger partial charge in [-0.15, -0.1) is 0 Å². The van der Waals surface area contributed by atoms with Crippen LogP contribution in [-0.2, 0) is 5.41 Å². The third-order valence-electron chi connectivity index (χ3n) is 4.32. The van der Waals surface area contributed by atoms with Crippen LogP contribution in [0.4, 0.5) is 0 Å². The number of ether oxygens (including phenoxy) is 1. The van der Waals surface area contributed by atoms with Gasteiger partial charge in [-0.3, -0.25) is 0 Å². The third kappa shape index (κ3) is 2.74. The molecule has 3 heteroatoms. The minimum absolute atomic E-state index is 0.275. The maximum Gasteiger partial charge on any atom is 0.119 e. The molecule has 1 aromatic rings. The lowest BCUT2D eigenvalue weighted by molar-refractivity contribution is 0.0369. The Bertz CT molecular complexity index is 466. The SMILES string of the molecule is COc1cccc(C2(CCC#N)CCCCC2O)c1. The van der Waals surface area contributed by atoms with Crippen molar-refractivity contribution in [2.24, 2.45) is 0 Å². The molecule has 1 aliphatic carbocycles. The molecular formula is C16H21NO2. The van der Waals surface area contributed by atoms with Crippen molar-refractivity contribution in [1.29, 1.82) is 5.26 Å². The first-order chi connectivity index (χ1) is 9.23. The Morgan fingerprint density at radius 1 is 1.47 bits per heavy atom. The summed E-state index contributed by atoms with van der Waals surface area (Å²) in [5, 5.41) is 19.4. The number of hydrogen-bond donors (Lipinski definition) is 1. The Hall–Kier alpha value is -1.53. The van der Waals surface area contributed by atoms with E-state index in [2.05, 4.69) is 12.1 Å². The number of methoxy groups -OCH3 is 1. The van der Waals surface area contributed by atoms with Gasteiger partial charge in [0.15, 0.2) is 0 Å². The fourth-order valence-electron chi connectivity index (χ4n) is 3.21. The molecule has 0 heterocycles. The first kappa shape index (κ1) is 13.9. The molecule has 1 fully saturated rings. The van der Waals surface area contributed by atoms with Crippen LogP contribution in [0.2, 0.25) is 0 Å². The van der Waals surface area contributed by atoms with Crippen molar-refractivity contribution in [1.82, 2.24) is 0 Å². The number of nitrogens with zero attached hydrogens (tertiary/aromatic N) is 1. The van der Waals surface area contributed by atoms with Gasteiger partial charge in [-0.1, -0.05) is 25.0 Å². The molecule has 0 amide bonds. The van der Waals surface area contributed by atoms with Crippen molar-refractivity contribution in [2.45, 2.75) is 50.0 Å². The van der Waals surface area contributed by atoms with E-state index in [0.717, 1.165) is 43.4 Å². The number of aliphatic hydroxyl groups is 1. The summed E-state index contributed by atoms with van der Waals surface area (Å²) in [5.41, 5.74) is 0.831. The van der Waals surface area contributed by atoms with E-state index < -0.39 is 0 Å². The summed E-state index contributed by atoms with van der Waals surface area (Å²) in [6, 6.07) is 10.1. The number of rotatable bonds is 4. The van der Waals surface area contributed by atoms with Gasteiger partial charge in [-0.25, -0.2) is 0 Å². The van der Waals surface area contributed by atoms with Crippen molar-refractivity contribution < 1.29 is 9.84 Å². The maximum atomic E-state index is 10.5.